The van der Waals surface area contributed by atoms with Gasteiger partial charge in [0.05, 0.1) is 5.69 Å². The molecule has 1 fully saturated rings. The molecule has 0 spiro atoms. The summed E-state index contributed by atoms with van der Waals surface area (Å²) in [6.45, 7) is 5.72. The zero-order valence-electron chi connectivity index (χ0n) is 13.0. The van der Waals surface area contributed by atoms with Crippen LogP contribution in [0.15, 0.2) is 4.79 Å². The Hall–Kier alpha value is -1.20. The molecule has 1 saturated heterocycles. The predicted molar refractivity (Wildman–Crippen MR) is 83.8 cm³/mol. The molecule has 2 heterocycles. The molecule has 0 atom stereocenters. The largest absolute Gasteiger partial charge is 0.305 e. The Morgan fingerprint density at radius 1 is 1.05 bits per heavy atom. The molecular weight excluding hydrogens is 264 g/mol. The quantitative estimate of drug-likeness (QED) is 0.896. The molecule has 5 nitrogen and oxygen atoms in total. The first-order valence-electron chi connectivity index (χ1n) is 8.24. The number of nitrogens with one attached hydrogen (secondary N) is 1. The van der Waals surface area contributed by atoms with E-state index < -0.39 is 0 Å². The summed E-state index contributed by atoms with van der Waals surface area (Å²) in [5, 5.41) is 7.04. The van der Waals surface area contributed by atoms with Gasteiger partial charge in [0.1, 0.15) is 0 Å². The minimum atomic E-state index is 0.0323. The van der Waals surface area contributed by atoms with Gasteiger partial charge in [0, 0.05) is 31.6 Å². The van der Waals surface area contributed by atoms with Gasteiger partial charge in [0.25, 0.3) is 5.56 Å². The van der Waals surface area contributed by atoms with Crippen LogP contribution in [-0.4, -0.2) is 59.8 Å². The zero-order valence-corrected chi connectivity index (χ0v) is 13.0. The van der Waals surface area contributed by atoms with Crippen molar-refractivity contribution in [3.05, 3.63) is 27.2 Å². The third-order valence-corrected chi connectivity index (χ3v) is 4.86. The number of fused-ring (bicyclic) bond motifs is 1. The Labute approximate surface area is 126 Å². The molecule has 1 N–H and O–H groups in total. The van der Waals surface area contributed by atoms with Crippen molar-refractivity contribution in [2.45, 2.75) is 38.5 Å². The Balaban J connectivity index is 1.66. The number of likely N-dealkylation sites (N-methyl/N-ethyl adjacent to an activating group) is 1. The van der Waals surface area contributed by atoms with Crippen molar-refractivity contribution in [3.8, 4) is 0 Å². The molecule has 1 aromatic rings. The van der Waals surface area contributed by atoms with E-state index in [9.17, 15) is 4.79 Å². The van der Waals surface area contributed by atoms with Gasteiger partial charge in [0.2, 0.25) is 0 Å². The molecule has 1 aliphatic heterocycles. The summed E-state index contributed by atoms with van der Waals surface area (Å²) in [5.74, 6) is 0. The van der Waals surface area contributed by atoms with Gasteiger partial charge in [-0.2, -0.15) is 5.10 Å². The zero-order chi connectivity index (χ0) is 14.7. The van der Waals surface area contributed by atoms with E-state index in [2.05, 4.69) is 27.0 Å². The lowest BCUT2D eigenvalue weighted by Crippen LogP contribution is -2.31. The highest BCUT2D eigenvalue weighted by atomic mass is 16.1. The topological polar surface area (TPSA) is 52.2 Å². The molecular formula is C16H26N4O. The lowest BCUT2D eigenvalue weighted by atomic mass is 9.91. The minimum absolute atomic E-state index is 0.0323. The summed E-state index contributed by atoms with van der Waals surface area (Å²) in [4.78, 5) is 16.8. The number of hydrogen-bond acceptors (Lipinski definition) is 4. The number of aromatic amines is 1. The summed E-state index contributed by atoms with van der Waals surface area (Å²) < 4.78 is 0. The molecule has 2 aliphatic rings. The first kappa shape index (κ1) is 14.7. The average molecular weight is 290 g/mol. The maximum atomic E-state index is 11.9. The standard InChI is InChI=1S/C16H26N4O/c1-19-8-4-9-20(12-11-19)10-7-15-13-5-2-3-6-14(13)16(21)18-17-15/h2-12H2,1H3,(H,18,21). The van der Waals surface area contributed by atoms with Gasteiger partial charge in [-0.3, -0.25) is 4.79 Å². The van der Waals surface area contributed by atoms with Crippen LogP contribution in [0.5, 0.6) is 0 Å². The SMILES string of the molecule is CN1CCCN(CCc2n[nH]c(=O)c3c2CCCC3)CC1. The molecule has 3 rings (SSSR count). The molecule has 0 amide bonds. The first-order valence-corrected chi connectivity index (χ1v) is 8.24. The predicted octanol–water partition coefficient (Wildman–Crippen LogP) is 0.829. The maximum Gasteiger partial charge on any atom is 0.267 e. The van der Waals surface area contributed by atoms with Crippen LogP contribution >= 0.6 is 0 Å². The van der Waals surface area contributed by atoms with E-state index in [1.165, 1.54) is 31.5 Å². The second-order valence-corrected chi connectivity index (χ2v) is 6.41. The van der Waals surface area contributed by atoms with Crippen molar-refractivity contribution in [3.63, 3.8) is 0 Å². The van der Waals surface area contributed by atoms with E-state index in [1.54, 1.807) is 0 Å². The van der Waals surface area contributed by atoms with Gasteiger partial charge in [-0.05, 0) is 57.8 Å². The average Bonchev–Trinajstić information content (AvgIpc) is 2.72. The van der Waals surface area contributed by atoms with Gasteiger partial charge in [-0.1, -0.05) is 0 Å². The first-order chi connectivity index (χ1) is 10.2. The van der Waals surface area contributed by atoms with E-state index in [0.717, 1.165) is 56.6 Å². The second kappa shape index (κ2) is 6.71. The van der Waals surface area contributed by atoms with Crippen LogP contribution in [-0.2, 0) is 19.3 Å². The summed E-state index contributed by atoms with van der Waals surface area (Å²) in [6, 6.07) is 0. The van der Waals surface area contributed by atoms with E-state index in [-0.39, 0.29) is 5.56 Å². The molecule has 0 unspecified atom stereocenters. The van der Waals surface area contributed by atoms with Crippen LogP contribution < -0.4 is 5.56 Å². The van der Waals surface area contributed by atoms with Crippen molar-refractivity contribution >= 4 is 0 Å². The maximum absolute atomic E-state index is 11.9. The fourth-order valence-electron chi connectivity index (χ4n) is 3.52. The molecule has 0 saturated carbocycles. The Kier molecular flexibility index (Phi) is 4.70. The van der Waals surface area contributed by atoms with Gasteiger partial charge >= 0.3 is 0 Å². The highest BCUT2D eigenvalue weighted by Crippen LogP contribution is 2.20. The molecule has 21 heavy (non-hydrogen) atoms. The molecule has 0 bridgehead atoms. The molecule has 5 heteroatoms. The smallest absolute Gasteiger partial charge is 0.267 e. The molecule has 0 aromatic carbocycles. The van der Waals surface area contributed by atoms with E-state index in [1.807, 2.05) is 0 Å². The van der Waals surface area contributed by atoms with Crippen molar-refractivity contribution in [1.29, 1.82) is 0 Å². The number of hydrogen-bond donors (Lipinski definition) is 1. The van der Waals surface area contributed by atoms with Crippen molar-refractivity contribution < 1.29 is 0 Å². The Bertz CT molecular complexity index is 540. The van der Waals surface area contributed by atoms with Crippen LogP contribution in [0.25, 0.3) is 0 Å². The van der Waals surface area contributed by atoms with Crippen LogP contribution in [0.3, 0.4) is 0 Å². The molecule has 1 aliphatic carbocycles. The third-order valence-electron chi connectivity index (χ3n) is 4.86. The third kappa shape index (κ3) is 3.52. The molecule has 116 valence electrons. The minimum Gasteiger partial charge on any atom is -0.305 e. The second-order valence-electron chi connectivity index (χ2n) is 6.41. The van der Waals surface area contributed by atoms with Crippen LogP contribution in [0, 0.1) is 0 Å². The van der Waals surface area contributed by atoms with E-state index >= 15 is 0 Å². The van der Waals surface area contributed by atoms with E-state index in [0.29, 0.717) is 0 Å². The molecule has 1 aromatic heterocycles. The van der Waals surface area contributed by atoms with Crippen LogP contribution in [0.1, 0.15) is 36.1 Å². The number of aromatic nitrogens is 2. The Morgan fingerprint density at radius 3 is 2.71 bits per heavy atom. The number of nitrogens with zero attached hydrogens (tertiary/aromatic N) is 3. The van der Waals surface area contributed by atoms with Crippen molar-refractivity contribution in [2.24, 2.45) is 0 Å². The highest BCUT2D eigenvalue weighted by molar-refractivity contribution is 5.30. The monoisotopic (exact) mass is 290 g/mol. The summed E-state index contributed by atoms with van der Waals surface area (Å²) >= 11 is 0. The van der Waals surface area contributed by atoms with Gasteiger partial charge in [-0.25, -0.2) is 5.10 Å². The lowest BCUT2D eigenvalue weighted by molar-refractivity contribution is 0.278. The van der Waals surface area contributed by atoms with Gasteiger partial charge in [0.15, 0.2) is 0 Å². The number of H-pyrrole nitrogens is 1. The normalized spacial score (nSPS) is 21.0. The van der Waals surface area contributed by atoms with Gasteiger partial charge < -0.3 is 9.80 Å². The number of rotatable bonds is 3. The fourth-order valence-corrected chi connectivity index (χ4v) is 3.52. The lowest BCUT2D eigenvalue weighted by Gasteiger charge is -2.22. The van der Waals surface area contributed by atoms with Crippen LogP contribution in [0.2, 0.25) is 0 Å². The summed E-state index contributed by atoms with van der Waals surface area (Å²) in [5.41, 5.74) is 3.41. The van der Waals surface area contributed by atoms with Crippen molar-refractivity contribution in [1.82, 2.24) is 20.0 Å². The van der Waals surface area contributed by atoms with Crippen LogP contribution in [0.4, 0.5) is 0 Å². The van der Waals surface area contributed by atoms with E-state index in [4.69, 9.17) is 0 Å². The van der Waals surface area contributed by atoms with Gasteiger partial charge in [-0.15, -0.1) is 0 Å². The van der Waals surface area contributed by atoms with Crippen molar-refractivity contribution in [2.75, 3.05) is 39.8 Å². The highest BCUT2D eigenvalue weighted by Gasteiger charge is 2.19. The summed E-state index contributed by atoms with van der Waals surface area (Å²) in [6.07, 6.45) is 6.49. The summed E-state index contributed by atoms with van der Waals surface area (Å²) in [7, 11) is 2.20. The Morgan fingerprint density at radius 2 is 1.86 bits per heavy atom. The fraction of sp³-hybridized carbons (Fsp3) is 0.750. The molecule has 0 radical (unpaired) electrons.